The third-order valence-electron chi connectivity index (χ3n) is 13.7. The van der Waals surface area contributed by atoms with E-state index in [-0.39, 0.29) is 66.3 Å². The maximum Gasteiger partial charge on any atom is 0.233 e. The fourth-order valence-electron chi connectivity index (χ4n) is 11.4. The first-order valence-electron chi connectivity index (χ1n) is 18.6. The molecule has 3 amide bonds. The predicted octanol–water partition coefficient (Wildman–Crippen LogP) is 2.74. The Kier molecular flexibility index (Phi) is 11.9. The monoisotopic (exact) mass is 665 g/mol. The number of nitrogens with one attached hydrogen (secondary N) is 3. The molecule has 0 spiro atoms. The average molecular weight is 666 g/mol. The minimum atomic E-state index is -0.114. The van der Waals surface area contributed by atoms with Crippen LogP contribution in [0.25, 0.3) is 0 Å². The van der Waals surface area contributed by atoms with Gasteiger partial charge in [0.1, 0.15) is 0 Å². The van der Waals surface area contributed by atoms with Gasteiger partial charge in [0.25, 0.3) is 0 Å². The lowest BCUT2D eigenvalue weighted by atomic mass is 9.42. The third-order valence-corrected chi connectivity index (χ3v) is 13.7. The van der Waals surface area contributed by atoms with Crippen LogP contribution in [-0.4, -0.2) is 74.0 Å². The van der Waals surface area contributed by atoms with E-state index in [0.717, 1.165) is 70.9 Å². The van der Waals surface area contributed by atoms with E-state index in [9.17, 15) is 14.4 Å². The highest BCUT2D eigenvalue weighted by Crippen LogP contribution is 2.68. The van der Waals surface area contributed by atoms with Crippen LogP contribution < -0.4 is 33.2 Å². The van der Waals surface area contributed by atoms with Gasteiger partial charge < -0.3 is 38.1 Å². The Bertz CT molecular complexity index is 1260. The largest absolute Gasteiger partial charge is 0.352 e. The minimum absolute atomic E-state index is 0.00885. The Hall–Kier alpha value is -2.53. The number of fused-ring (bicyclic) bond motifs is 5. The van der Waals surface area contributed by atoms with Crippen LogP contribution in [0.5, 0.6) is 0 Å². The molecule has 5 rings (SSSR count). The summed E-state index contributed by atoms with van der Waals surface area (Å²) >= 11 is 0. The second-order valence-corrected chi connectivity index (χ2v) is 16.3. The Morgan fingerprint density at radius 3 is 2.23 bits per heavy atom. The molecule has 9 N–H and O–H groups in total. The Morgan fingerprint density at radius 2 is 1.54 bits per heavy atom. The van der Waals surface area contributed by atoms with Crippen molar-refractivity contribution in [1.82, 2.24) is 20.9 Å². The molecule has 11 unspecified atom stereocenters. The molecule has 4 saturated carbocycles. The summed E-state index contributed by atoms with van der Waals surface area (Å²) < 4.78 is 0. The zero-order valence-electron chi connectivity index (χ0n) is 29.9. The van der Waals surface area contributed by atoms with Gasteiger partial charge in [0, 0.05) is 24.7 Å². The quantitative estimate of drug-likeness (QED) is 0.188. The fourth-order valence-corrected chi connectivity index (χ4v) is 11.4. The van der Waals surface area contributed by atoms with Gasteiger partial charge >= 0.3 is 0 Å². The van der Waals surface area contributed by atoms with Gasteiger partial charge in [0.05, 0.1) is 19.6 Å². The lowest BCUT2D eigenvalue weighted by molar-refractivity contribution is -0.153. The van der Waals surface area contributed by atoms with E-state index in [1.54, 1.807) is 0 Å². The van der Waals surface area contributed by atoms with Gasteiger partial charge in [-0.1, -0.05) is 51.1 Å². The van der Waals surface area contributed by atoms with Crippen molar-refractivity contribution in [3.63, 3.8) is 0 Å². The molecular weight excluding hydrogens is 602 g/mol. The van der Waals surface area contributed by atoms with Crippen molar-refractivity contribution in [3.8, 4) is 0 Å². The molecule has 0 heterocycles. The number of hydrogen-bond donors (Lipinski definition) is 6. The maximum absolute atomic E-state index is 13.1. The molecule has 0 radical (unpaired) electrons. The van der Waals surface area contributed by atoms with Crippen LogP contribution in [0.15, 0.2) is 30.3 Å². The second-order valence-electron chi connectivity index (χ2n) is 16.3. The lowest BCUT2D eigenvalue weighted by Gasteiger charge is -2.65. The van der Waals surface area contributed by atoms with Gasteiger partial charge in [-0.3, -0.25) is 14.4 Å². The number of carbonyl (C=O) groups excluding carboxylic acids is 3. The molecule has 48 heavy (non-hydrogen) atoms. The Balaban J connectivity index is 1.38. The van der Waals surface area contributed by atoms with Gasteiger partial charge in [0.2, 0.25) is 17.7 Å². The normalized spacial score (nSPS) is 36.3. The predicted molar refractivity (Wildman–Crippen MR) is 190 cm³/mol. The van der Waals surface area contributed by atoms with Crippen molar-refractivity contribution in [2.75, 3.05) is 33.2 Å². The zero-order chi connectivity index (χ0) is 34.6. The standard InChI is InChI=1S/C38H63N7O3/c1-24(9-8-16-45(4)23-25-10-6-5-7-11-25)28-12-13-29-36-30(19-32(38(28,29)3)44-35(48)22-41)37(2)15-14-27(42-33(46)20-39)17-26(37)18-31(36)43-34(47)21-40/h5-7,10-11,24,26-32,36H,8-9,12-23,39-41H2,1-4H3,(H,42,46)(H,43,47)(H,44,48). The van der Waals surface area contributed by atoms with Crippen molar-refractivity contribution < 1.29 is 14.4 Å². The topological polar surface area (TPSA) is 169 Å². The number of nitrogens with two attached hydrogens (primary N) is 3. The van der Waals surface area contributed by atoms with Gasteiger partial charge in [0.15, 0.2) is 0 Å². The highest BCUT2D eigenvalue weighted by Gasteiger charge is 2.66. The number of rotatable bonds is 13. The number of hydrogen-bond acceptors (Lipinski definition) is 7. The summed E-state index contributed by atoms with van der Waals surface area (Å²) in [4.78, 5) is 40.7. The van der Waals surface area contributed by atoms with Gasteiger partial charge in [-0.2, -0.15) is 0 Å². The smallest absolute Gasteiger partial charge is 0.233 e. The highest BCUT2D eigenvalue weighted by atomic mass is 16.2. The molecule has 11 atom stereocenters. The van der Waals surface area contributed by atoms with E-state index in [1.807, 2.05) is 0 Å². The van der Waals surface area contributed by atoms with Crippen molar-refractivity contribution in [2.24, 2.45) is 63.5 Å². The van der Waals surface area contributed by atoms with Gasteiger partial charge in [-0.15, -0.1) is 0 Å². The van der Waals surface area contributed by atoms with E-state index < -0.39 is 0 Å². The number of benzene rings is 1. The summed E-state index contributed by atoms with van der Waals surface area (Å²) in [5.41, 5.74) is 18.7. The van der Waals surface area contributed by atoms with Crippen LogP contribution in [0, 0.1) is 46.3 Å². The lowest BCUT2D eigenvalue weighted by Crippen LogP contribution is -2.68. The summed E-state index contributed by atoms with van der Waals surface area (Å²) in [6.45, 7) is 9.26. The van der Waals surface area contributed by atoms with E-state index in [0.29, 0.717) is 35.5 Å². The Labute approximate surface area is 288 Å². The molecule has 0 saturated heterocycles. The molecule has 4 aliphatic carbocycles. The number of carbonyl (C=O) groups is 3. The fraction of sp³-hybridized carbons (Fsp3) is 0.763. The molecule has 10 heteroatoms. The van der Waals surface area contributed by atoms with Crippen LogP contribution >= 0.6 is 0 Å². The van der Waals surface area contributed by atoms with Crippen molar-refractivity contribution >= 4 is 17.7 Å². The van der Waals surface area contributed by atoms with E-state index >= 15 is 0 Å². The average Bonchev–Trinajstić information content (AvgIpc) is 3.43. The molecule has 1 aromatic carbocycles. The molecule has 0 aliphatic heterocycles. The third kappa shape index (κ3) is 7.47. The van der Waals surface area contributed by atoms with Crippen molar-refractivity contribution in [3.05, 3.63) is 35.9 Å². The number of nitrogens with zero attached hydrogens (tertiary/aromatic N) is 1. The van der Waals surface area contributed by atoms with Crippen LogP contribution in [0.3, 0.4) is 0 Å². The van der Waals surface area contributed by atoms with Gasteiger partial charge in [-0.25, -0.2) is 0 Å². The molecule has 0 aromatic heterocycles. The van der Waals surface area contributed by atoms with Crippen LogP contribution in [-0.2, 0) is 20.9 Å². The molecular formula is C38H63N7O3. The summed E-state index contributed by atoms with van der Waals surface area (Å²) in [5, 5.41) is 10.0. The van der Waals surface area contributed by atoms with Crippen LogP contribution in [0.4, 0.5) is 0 Å². The van der Waals surface area contributed by atoms with E-state index in [4.69, 9.17) is 17.2 Å². The first-order valence-corrected chi connectivity index (χ1v) is 18.6. The first-order chi connectivity index (χ1) is 22.9. The molecule has 10 nitrogen and oxygen atoms in total. The summed E-state index contributed by atoms with van der Waals surface area (Å²) in [6, 6.07) is 10.8. The van der Waals surface area contributed by atoms with Gasteiger partial charge in [-0.05, 0) is 123 Å². The minimum Gasteiger partial charge on any atom is -0.352 e. The van der Waals surface area contributed by atoms with Crippen molar-refractivity contribution in [1.29, 1.82) is 0 Å². The molecule has 1 aromatic rings. The Morgan fingerprint density at radius 1 is 0.875 bits per heavy atom. The molecule has 0 bridgehead atoms. The van der Waals surface area contributed by atoms with Crippen molar-refractivity contribution in [2.45, 2.75) is 103 Å². The summed E-state index contributed by atoms with van der Waals surface area (Å²) in [5.74, 6) is 1.99. The van der Waals surface area contributed by atoms with Crippen LogP contribution in [0.2, 0.25) is 0 Å². The highest BCUT2D eigenvalue weighted by molar-refractivity contribution is 5.79. The molecule has 4 aliphatic rings. The summed E-state index contributed by atoms with van der Waals surface area (Å²) in [6.07, 6.45) is 9.07. The summed E-state index contributed by atoms with van der Waals surface area (Å²) in [7, 11) is 2.20. The maximum atomic E-state index is 13.1. The SMILES string of the molecule is CC(CCCN(C)Cc1ccccc1)C1CCC2C3C(NC(=O)CN)CC4CC(NC(=O)CN)CCC4(C)C3CC(NC(=O)CN)C12C. The van der Waals surface area contributed by atoms with Crippen LogP contribution in [0.1, 0.15) is 84.1 Å². The second kappa shape index (κ2) is 15.6. The molecule has 268 valence electrons. The first kappa shape index (κ1) is 36.7. The van der Waals surface area contributed by atoms with E-state index in [1.165, 1.54) is 5.56 Å². The molecule has 4 fully saturated rings. The zero-order valence-corrected chi connectivity index (χ0v) is 29.9. The van der Waals surface area contributed by atoms with E-state index in [2.05, 4.69) is 79.0 Å². The number of amides is 3.